The monoisotopic (exact) mass is 238 g/mol. The molecule has 2 atom stereocenters. The van der Waals surface area contributed by atoms with Crippen molar-refractivity contribution in [2.75, 3.05) is 0 Å². The molecule has 96 valence electrons. The maximum absolute atomic E-state index is 12.0. The molecule has 0 aromatic rings. The third kappa shape index (κ3) is 2.24. The van der Waals surface area contributed by atoms with Crippen molar-refractivity contribution >= 4 is 11.9 Å². The summed E-state index contributed by atoms with van der Waals surface area (Å²) in [7, 11) is 0. The van der Waals surface area contributed by atoms with Crippen molar-refractivity contribution in [1.82, 2.24) is 0 Å². The van der Waals surface area contributed by atoms with Gasteiger partial charge < -0.3 is 4.74 Å². The van der Waals surface area contributed by atoms with Crippen molar-refractivity contribution in [3.63, 3.8) is 0 Å². The van der Waals surface area contributed by atoms with Crippen LogP contribution in [0.25, 0.3) is 0 Å². The molecular formula is C14H22O3. The number of carbonyl (C=O) groups is 2. The fraction of sp³-hybridized carbons (Fsp3) is 0.857. The minimum Gasteiger partial charge on any atom is -0.392 e. The molecule has 2 rings (SSSR count). The predicted octanol–water partition coefficient (Wildman–Crippen LogP) is 3.22. The smallest absolute Gasteiger partial charge is 0.320 e. The van der Waals surface area contributed by atoms with E-state index in [0.29, 0.717) is 0 Å². The molecule has 2 fully saturated rings. The largest absolute Gasteiger partial charge is 0.392 e. The van der Waals surface area contributed by atoms with E-state index in [2.05, 4.69) is 6.92 Å². The molecule has 0 amide bonds. The Morgan fingerprint density at radius 2 is 2.06 bits per heavy atom. The summed E-state index contributed by atoms with van der Waals surface area (Å²) in [6, 6.07) is 0. The number of esters is 2. The molecule has 0 aromatic heterocycles. The highest BCUT2D eigenvalue weighted by molar-refractivity contribution is 5.99. The SMILES string of the molecule is CCCCCCC12CCCCC1C(=O)OC2=O. The zero-order valence-corrected chi connectivity index (χ0v) is 10.7. The first-order valence-corrected chi connectivity index (χ1v) is 6.97. The van der Waals surface area contributed by atoms with E-state index in [1.807, 2.05) is 0 Å². The molecule has 17 heavy (non-hydrogen) atoms. The molecule has 0 aromatic carbocycles. The van der Waals surface area contributed by atoms with Gasteiger partial charge in [0.05, 0.1) is 11.3 Å². The van der Waals surface area contributed by atoms with Crippen molar-refractivity contribution in [2.45, 2.75) is 64.7 Å². The van der Waals surface area contributed by atoms with Crippen LogP contribution in [0.2, 0.25) is 0 Å². The standard InChI is InChI=1S/C14H22O3/c1-2-3-4-6-9-14-10-7-5-8-11(14)12(15)17-13(14)16/h11H,2-10H2,1H3. The summed E-state index contributed by atoms with van der Waals surface area (Å²) >= 11 is 0. The fourth-order valence-electron chi connectivity index (χ4n) is 3.36. The van der Waals surface area contributed by atoms with Crippen LogP contribution in [0.15, 0.2) is 0 Å². The Balaban J connectivity index is 2.02. The Bertz CT molecular complexity index is 311. The van der Waals surface area contributed by atoms with Gasteiger partial charge in [0.1, 0.15) is 0 Å². The highest BCUT2D eigenvalue weighted by atomic mass is 16.6. The maximum atomic E-state index is 12.0. The number of rotatable bonds is 5. The Labute approximate surface area is 103 Å². The average Bonchev–Trinajstić information content (AvgIpc) is 2.58. The van der Waals surface area contributed by atoms with Crippen LogP contribution in [0.4, 0.5) is 0 Å². The van der Waals surface area contributed by atoms with Crippen LogP contribution < -0.4 is 0 Å². The zero-order chi connectivity index (χ0) is 12.3. The van der Waals surface area contributed by atoms with Gasteiger partial charge in [0.2, 0.25) is 0 Å². The summed E-state index contributed by atoms with van der Waals surface area (Å²) in [6.45, 7) is 2.18. The quantitative estimate of drug-likeness (QED) is 0.419. The maximum Gasteiger partial charge on any atom is 0.320 e. The highest BCUT2D eigenvalue weighted by Gasteiger charge is 2.57. The number of carbonyl (C=O) groups excluding carboxylic acids is 2. The fourth-order valence-corrected chi connectivity index (χ4v) is 3.36. The van der Waals surface area contributed by atoms with Gasteiger partial charge in [-0.25, -0.2) is 0 Å². The molecule has 1 saturated carbocycles. The molecule has 0 bridgehead atoms. The molecule has 2 unspecified atom stereocenters. The average molecular weight is 238 g/mol. The minimum absolute atomic E-state index is 0.134. The van der Waals surface area contributed by atoms with Crippen molar-refractivity contribution in [2.24, 2.45) is 11.3 Å². The van der Waals surface area contributed by atoms with Crippen LogP contribution in [0.1, 0.15) is 64.7 Å². The molecule has 0 radical (unpaired) electrons. The normalized spacial score (nSPS) is 32.4. The zero-order valence-electron chi connectivity index (χ0n) is 10.7. The van der Waals surface area contributed by atoms with E-state index in [1.54, 1.807) is 0 Å². The lowest BCUT2D eigenvalue weighted by atomic mass is 9.65. The molecule has 1 aliphatic heterocycles. The molecule has 1 aliphatic carbocycles. The van der Waals surface area contributed by atoms with E-state index >= 15 is 0 Å². The van der Waals surface area contributed by atoms with Gasteiger partial charge in [-0.3, -0.25) is 9.59 Å². The first kappa shape index (κ1) is 12.6. The van der Waals surface area contributed by atoms with Crippen molar-refractivity contribution < 1.29 is 14.3 Å². The van der Waals surface area contributed by atoms with Gasteiger partial charge in [0.25, 0.3) is 0 Å². The van der Waals surface area contributed by atoms with Crippen LogP contribution in [-0.4, -0.2) is 11.9 Å². The van der Waals surface area contributed by atoms with Gasteiger partial charge in [-0.15, -0.1) is 0 Å². The lowest BCUT2D eigenvalue weighted by Gasteiger charge is -2.33. The van der Waals surface area contributed by atoms with Crippen molar-refractivity contribution in [1.29, 1.82) is 0 Å². The lowest BCUT2D eigenvalue weighted by molar-refractivity contribution is -0.155. The van der Waals surface area contributed by atoms with Gasteiger partial charge in [0, 0.05) is 0 Å². The lowest BCUT2D eigenvalue weighted by Crippen LogP contribution is -2.36. The summed E-state index contributed by atoms with van der Waals surface area (Å²) in [5.41, 5.74) is -0.441. The van der Waals surface area contributed by atoms with E-state index < -0.39 is 5.41 Å². The van der Waals surface area contributed by atoms with Crippen LogP contribution in [0.5, 0.6) is 0 Å². The van der Waals surface area contributed by atoms with Gasteiger partial charge in [0.15, 0.2) is 0 Å². The Morgan fingerprint density at radius 1 is 1.24 bits per heavy atom. The summed E-state index contributed by atoms with van der Waals surface area (Å²) < 4.78 is 4.89. The molecule has 0 spiro atoms. The molecular weight excluding hydrogens is 216 g/mol. The molecule has 1 heterocycles. The van der Waals surface area contributed by atoms with Gasteiger partial charge >= 0.3 is 11.9 Å². The number of cyclic esters (lactones) is 2. The van der Waals surface area contributed by atoms with E-state index in [9.17, 15) is 9.59 Å². The Hall–Kier alpha value is -0.860. The van der Waals surface area contributed by atoms with E-state index in [1.165, 1.54) is 12.8 Å². The molecule has 0 N–H and O–H groups in total. The number of ether oxygens (including phenoxy) is 1. The third-order valence-corrected chi connectivity index (χ3v) is 4.39. The number of hydrogen-bond acceptors (Lipinski definition) is 3. The van der Waals surface area contributed by atoms with Gasteiger partial charge in [-0.2, -0.15) is 0 Å². The third-order valence-electron chi connectivity index (χ3n) is 4.39. The number of fused-ring (bicyclic) bond motifs is 1. The first-order valence-electron chi connectivity index (χ1n) is 6.97. The summed E-state index contributed by atoms with van der Waals surface area (Å²) in [5.74, 6) is -0.626. The Morgan fingerprint density at radius 3 is 2.82 bits per heavy atom. The molecule has 3 heteroatoms. The number of hydrogen-bond donors (Lipinski definition) is 0. The first-order chi connectivity index (χ1) is 8.20. The second kappa shape index (κ2) is 5.19. The summed E-state index contributed by atoms with van der Waals surface area (Å²) in [4.78, 5) is 23.6. The molecule has 2 aliphatic rings. The second-order valence-electron chi connectivity index (χ2n) is 5.47. The summed E-state index contributed by atoms with van der Waals surface area (Å²) in [5, 5.41) is 0. The van der Waals surface area contributed by atoms with E-state index in [0.717, 1.165) is 44.9 Å². The second-order valence-corrected chi connectivity index (χ2v) is 5.47. The topological polar surface area (TPSA) is 43.4 Å². The highest BCUT2D eigenvalue weighted by Crippen LogP contribution is 2.50. The summed E-state index contributed by atoms with van der Waals surface area (Å²) in [6.07, 6.45) is 9.29. The van der Waals surface area contributed by atoms with E-state index in [-0.39, 0.29) is 17.9 Å². The van der Waals surface area contributed by atoms with Crippen LogP contribution in [0.3, 0.4) is 0 Å². The Kier molecular flexibility index (Phi) is 3.85. The van der Waals surface area contributed by atoms with Crippen molar-refractivity contribution in [3.05, 3.63) is 0 Å². The van der Waals surface area contributed by atoms with E-state index in [4.69, 9.17) is 4.74 Å². The van der Waals surface area contributed by atoms with Crippen LogP contribution in [0, 0.1) is 11.3 Å². The van der Waals surface area contributed by atoms with Crippen LogP contribution >= 0.6 is 0 Å². The predicted molar refractivity (Wildman–Crippen MR) is 64.2 cm³/mol. The van der Waals surface area contributed by atoms with Crippen molar-refractivity contribution in [3.8, 4) is 0 Å². The van der Waals surface area contributed by atoms with Gasteiger partial charge in [-0.05, 0) is 19.3 Å². The molecule has 3 nitrogen and oxygen atoms in total. The van der Waals surface area contributed by atoms with Gasteiger partial charge in [-0.1, -0.05) is 45.4 Å². The van der Waals surface area contributed by atoms with Crippen LogP contribution in [-0.2, 0) is 14.3 Å². The number of unbranched alkanes of at least 4 members (excludes halogenated alkanes) is 3. The molecule has 1 saturated heterocycles. The minimum atomic E-state index is -0.441.